The van der Waals surface area contributed by atoms with Crippen LogP contribution in [-0.4, -0.2) is 44.1 Å². The number of nitrogens with one attached hydrogen (secondary N) is 1. The average molecular weight is 433 g/mol. The molecule has 0 saturated carbocycles. The molecule has 0 spiro atoms. The van der Waals surface area contributed by atoms with Gasteiger partial charge in [-0.05, 0) is 35.6 Å². The summed E-state index contributed by atoms with van der Waals surface area (Å²) in [6.45, 7) is 1.57. The molecule has 1 amide bonds. The number of nitrogens with zero attached hydrogens (tertiary/aromatic N) is 2. The van der Waals surface area contributed by atoms with Gasteiger partial charge in [-0.1, -0.05) is 61.5 Å². The summed E-state index contributed by atoms with van der Waals surface area (Å²) >= 11 is 0. The molecule has 164 valence electrons. The van der Waals surface area contributed by atoms with Gasteiger partial charge in [0, 0.05) is 12.2 Å². The third kappa shape index (κ3) is 5.98. The molecule has 0 aliphatic carbocycles. The van der Waals surface area contributed by atoms with Crippen LogP contribution in [0.3, 0.4) is 0 Å². The highest BCUT2D eigenvalue weighted by atomic mass is 16.4. The highest BCUT2D eigenvalue weighted by Crippen LogP contribution is 2.20. The van der Waals surface area contributed by atoms with Crippen LogP contribution in [0.4, 0.5) is 0 Å². The molecule has 2 aromatic carbocycles. The lowest BCUT2D eigenvalue weighted by atomic mass is 9.95. The summed E-state index contributed by atoms with van der Waals surface area (Å²) in [5.74, 6) is -3.85. The molecule has 0 aliphatic heterocycles. The van der Waals surface area contributed by atoms with E-state index in [-0.39, 0.29) is 17.9 Å². The standard InChI is InChI=1S/C24H23N3O5/c1-15(23(29)30)13-19(26-22(28)21-25-12-11-20(27-21)24(31)32)14-16-7-9-18(10-8-16)17-5-3-2-4-6-17/h2-12,15,19H,13-14H2,1H3,(H,26,28)(H,29,30)(H,31,32)/t15-,19+/m1/s1. The highest BCUT2D eigenvalue weighted by molar-refractivity contribution is 5.92. The minimum atomic E-state index is -1.27. The summed E-state index contributed by atoms with van der Waals surface area (Å²) in [6.07, 6.45) is 1.79. The number of aromatic nitrogens is 2. The zero-order valence-electron chi connectivity index (χ0n) is 17.4. The number of carbonyl (C=O) groups is 3. The molecule has 0 bridgehead atoms. The largest absolute Gasteiger partial charge is 0.481 e. The van der Waals surface area contributed by atoms with Gasteiger partial charge in [0.25, 0.3) is 5.91 Å². The number of aliphatic carboxylic acids is 1. The minimum absolute atomic E-state index is 0.195. The van der Waals surface area contributed by atoms with Crippen LogP contribution in [0.1, 0.15) is 40.0 Å². The van der Waals surface area contributed by atoms with Gasteiger partial charge in [-0.3, -0.25) is 9.59 Å². The molecule has 0 aliphatic rings. The molecule has 8 heteroatoms. The van der Waals surface area contributed by atoms with Crippen molar-refractivity contribution in [3.8, 4) is 11.1 Å². The fourth-order valence-electron chi connectivity index (χ4n) is 3.31. The smallest absolute Gasteiger partial charge is 0.354 e. The fraction of sp³-hybridized carbons (Fsp3) is 0.208. The maximum absolute atomic E-state index is 12.6. The molecule has 8 nitrogen and oxygen atoms in total. The molecule has 0 fully saturated rings. The molecule has 0 unspecified atom stereocenters. The van der Waals surface area contributed by atoms with Crippen LogP contribution in [0.15, 0.2) is 66.9 Å². The summed E-state index contributed by atoms with van der Waals surface area (Å²) in [5, 5.41) is 21.1. The Morgan fingerprint density at radius 2 is 1.59 bits per heavy atom. The summed E-state index contributed by atoms with van der Waals surface area (Å²) < 4.78 is 0. The van der Waals surface area contributed by atoms with Gasteiger partial charge in [-0.2, -0.15) is 0 Å². The maximum Gasteiger partial charge on any atom is 0.354 e. The molecule has 2 atom stereocenters. The third-order valence-electron chi connectivity index (χ3n) is 5.02. The SMILES string of the molecule is C[C@H](C[C@@H](Cc1ccc(-c2ccccc2)cc1)NC(=O)c1nccc(C(=O)O)n1)C(=O)O. The van der Waals surface area contributed by atoms with Crippen molar-refractivity contribution in [3.05, 3.63) is 83.9 Å². The van der Waals surface area contributed by atoms with Crippen molar-refractivity contribution >= 4 is 17.8 Å². The Balaban J connectivity index is 1.77. The molecule has 32 heavy (non-hydrogen) atoms. The quantitative estimate of drug-likeness (QED) is 0.472. The molecule has 3 rings (SSSR count). The molecule has 3 aromatic rings. The third-order valence-corrected chi connectivity index (χ3v) is 5.02. The van der Waals surface area contributed by atoms with Gasteiger partial charge < -0.3 is 15.5 Å². The maximum atomic E-state index is 12.6. The van der Waals surface area contributed by atoms with Crippen LogP contribution in [0.2, 0.25) is 0 Å². The molecule has 0 radical (unpaired) electrons. The minimum Gasteiger partial charge on any atom is -0.481 e. The number of carbonyl (C=O) groups excluding carboxylic acids is 1. The van der Waals surface area contributed by atoms with Crippen LogP contribution in [-0.2, 0) is 11.2 Å². The topological polar surface area (TPSA) is 129 Å². The summed E-state index contributed by atoms with van der Waals surface area (Å²) in [5.41, 5.74) is 2.76. The summed E-state index contributed by atoms with van der Waals surface area (Å²) in [7, 11) is 0. The highest BCUT2D eigenvalue weighted by Gasteiger charge is 2.22. The average Bonchev–Trinajstić information content (AvgIpc) is 2.80. The number of amides is 1. The van der Waals surface area contributed by atoms with E-state index in [0.29, 0.717) is 6.42 Å². The van der Waals surface area contributed by atoms with E-state index in [1.807, 2.05) is 54.6 Å². The zero-order valence-corrected chi connectivity index (χ0v) is 17.4. The van der Waals surface area contributed by atoms with Gasteiger partial charge in [0.15, 0.2) is 5.69 Å². The second-order valence-electron chi connectivity index (χ2n) is 7.48. The molecule has 1 aromatic heterocycles. The van der Waals surface area contributed by atoms with Gasteiger partial charge in [0.05, 0.1) is 5.92 Å². The van der Waals surface area contributed by atoms with E-state index in [4.69, 9.17) is 5.11 Å². The lowest BCUT2D eigenvalue weighted by Crippen LogP contribution is -2.39. The van der Waals surface area contributed by atoms with Gasteiger partial charge in [-0.15, -0.1) is 0 Å². The molecule has 0 saturated heterocycles. The second kappa shape index (κ2) is 10.3. The predicted molar refractivity (Wildman–Crippen MR) is 117 cm³/mol. The molecular weight excluding hydrogens is 410 g/mol. The Bertz CT molecular complexity index is 1100. The number of aromatic carboxylic acids is 1. The monoisotopic (exact) mass is 433 g/mol. The van der Waals surface area contributed by atoms with Crippen LogP contribution >= 0.6 is 0 Å². The van der Waals surface area contributed by atoms with Crippen LogP contribution < -0.4 is 5.32 Å². The van der Waals surface area contributed by atoms with Crippen molar-refractivity contribution in [3.63, 3.8) is 0 Å². The number of carboxylic acids is 2. The number of carboxylic acid groups (broad SMARTS) is 2. The predicted octanol–water partition coefficient (Wildman–Crippen LogP) is 3.29. The molecular formula is C24H23N3O5. The number of hydrogen-bond acceptors (Lipinski definition) is 5. The van der Waals surface area contributed by atoms with E-state index in [1.54, 1.807) is 6.92 Å². The van der Waals surface area contributed by atoms with Crippen molar-refractivity contribution < 1.29 is 24.6 Å². The first-order chi connectivity index (χ1) is 15.3. The zero-order chi connectivity index (χ0) is 23.1. The van der Waals surface area contributed by atoms with Crippen molar-refractivity contribution in [1.82, 2.24) is 15.3 Å². The van der Waals surface area contributed by atoms with Gasteiger partial charge in [0.2, 0.25) is 5.82 Å². The summed E-state index contributed by atoms with van der Waals surface area (Å²) in [6, 6.07) is 18.4. The Hall–Kier alpha value is -4.07. The van der Waals surface area contributed by atoms with Crippen molar-refractivity contribution in [2.75, 3.05) is 0 Å². The van der Waals surface area contributed by atoms with E-state index >= 15 is 0 Å². The first-order valence-electron chi connectivity index (χ1n) is 10.1. The van der Waals surface area contributed by atoms with Gasteiger partial charge >= 0.3 is 11.9 Å². The van der Waals surface area contributed by atoms with Crippen LogP contribution in [0.25, 0.3) is 11.1 Å². The second-order valence-corrected chi connectivity index (χ2v) is 7.48. The lowest BCUT2D eigenvalue weighted by molar-refractivity contribution is -0.141. The van der Waals surface area contributed by atoms with Crippen LogP contribution in [0.5, 0.6) is 0 Å². The van der Waals surface area contributed by atoms with Crippen molar-refractivity contribution in [1.29, 1.82) is 0 Å². The Morgan fingerprint density at radius 3 is 2.22 bits per heavy atom. The normalized spacial score (nSPS) is 12.5. The van der Waals surface area contributed by atoms with E-state index in [9.17, 15) is 19.5 Å². The Morgan fingerprint density at radius 1 is 0.938 bits per heavy atom. The number of benzene rings is 2. The van der Waals surface area contributed by atoms with Crippen molar-refractivity contribution in [2.45, 2.75) is 25.8 Å². The van der Waals surface area contributed by atoms with Gasteiger partial charge in [-0.25, -0.2) is 14.8 Å². The number of rotatable bonds is 9. The number of hydrogen-bond donors (Lipinski definition) is 3. The molecule has 3 N–H and O–H groups in total. The first-order valence-corrected chi connectivity index (χ1v) is 10.1. The lowest BCUT2D eigenvalue weighted by Gasteiger charge is -2.21. The van der Waals surface area contributed by atoms with Crippen LogP contribution in [0, 0.1) is 5.92 Å². The molecule has 1 heterocycles. The fourth-order valence-corrected chi connectivity index (χ4v) is 3.31. The van der Waals surface area contributed by atoms with E-state index in [2.05, 4.69) is 15.3 Å². The summed E-state index contributed by atoms with van der Waals surface area (Å²) in [4.78, 5) is 42.7. The Labute approximate surface area is 185 Å². The van der Waals surface area contributed by atoms with E-state index in [0.717, 1.165) is 16.7 Å². The van der Waals surface area contributed by atoms with Crippen molar-refractivity contribution in [2.24, 2.45) is 5.92 Å². The van der Waals surface area contributed by atoms with Gasteiger partial charge in [0.1, 0.15) is 0 Å². The van der Waals surface area contributed by atoms with E-state index < -0.39 is 29.8 Å². The Kier molecular flexibility index (Phi) is 7.28. The first kappa shape index (κ1) is 22.6. The van der Waals surface area contributed by atoms with E-state index in [1.165, 1.54) is 12.3 Å².